The van der Waals surface area contributed by atoms with Crippen LogP contribution in [0.1, 0.15) is 50.8 Å². The molecular formula is C32H29F2N3O6S. The fourth-order valence-electron chi connectivity index (χ4n) is 5.90. The number of sulfonamides is 1. The van der Waals surface area contributed by atoms with Crippen molar-refractivity contribution in [1.29, 1.82) is 0 Å². The third-order valence-corrected chi connectivity index (χ3v) is 8.55. The number of amides is 2. The molecule has 2 aromatic heterocycles. The highest BCUT2D eigenvalue weighted by Crippen LogP contribution is 2.41. The van der Waals surface area contributed by atoms with E-state index in [2.05, 4.69) is 10.0 Å². The molecule has 1 aliphatic rings. The number of hydrogen-bond acceptors (Lipinski definition) is 6. The second-order valence-corrected chi connectivity index (χ2v) is 12.7. The van der Waals surface area contributed by atoms with Gasteiger partial charge in [0.05, 0.1) is 17.5 Å². The van der Waals surface area contributed by atoms with E-state index < -0.39 is 27.6 Å². The van der Waals surface area contributed by atoms with Gasteiger partial charge in [-0.2, -0.15) is 0 Å². The van der Waals surface area contributed by atoms with Crippen LogP contribution in [0, 0.1) is 18.6 Å². The number of carbonyl (C=O) groups excluding carboxylic acids is 2. The quantitative estimate of drug-likeness (QED) is 0.233. The zero-order valence-corrected chi connectivity index (χ0v) is 25.0. The minimum Gasteiger partial charge on any atom is -0.455 e. The fraction of sp³-hybridized carbons (Fsp3) is 0.250. The van der Waals surface area contributed by atoms with Crippen LogP contribution in [0.2, 0.25) is 0 Å². The van der Waals surface area contributed by atoms with Crippen LogP contribution in [0.5, 0.6) is 0 Å². The summed E-state index contributed by atoms with van der Waals surface area (Å²) in [5, 5.41) is 3.58. The molecule has 44 heavy (non-hydrogen) atoms. The first-order valence-electron chi connectivity index (χ1n) is 14.0. The average molecular weight is 622 g/mol. The molecule has 3 aromatic carbocycles. The predicted molar refractivity (Wildman–Crippen MR) is 162 cm³/mol. The summed E-state index contributed by atoms with van der Waals surface area (Å²) in [6, 6.07) is 12.8. The SMILES string of the molecule is CNC(=O)c1c(-c2ccc(F)cc2)oc2cc(NS(C)(=O)=O)c([C@@H]3CCCN(C(=O)c4oc5ccc(F)cc5c4C)C3)cc12. The Morgan fingerprint density at radius 1 is 0.955 bits per heavy atom. The average Bonchev–Trinajstić information content (AvgIpc) is 3.52. The van der Waals surface area contributed by atoms with E-state index in [0.29, 0.717) is 52.4 Å². The first kappa shape index (κ1) is 29.4. The molecule has 5 aromatic rings. The molecular weight excluding hydrogens is 592 g/mol. The Morgan fingerprint density at radius 3 is 2.39 bits per heavy atom. The minimum atomic E-state index is -3.72. The lowest BCUT2D eigenvalue weighted by molar-refractivity contribution is 0.0676. The lowest BCUT2D eigenvalue weighted by Gasteiger charge is -2.33. The number of furan rings is 2. The molecule has 0 bridgehead atoms. The molecule has 228 valence electrons. The number of halogens is 2. The molecule has 1 saturated heterocycles. The van der Waals surface area contributed by atoms with E-state index in [1.54, 1.807) is 17.9 Å². The van der Waals surface area contributed by atoms with Gasteiger partial charge in [0.2, 0.25) is 10.0 Å². The van der Waals surface area contributed by atoms with Crippen molar-refractivity contribution in [2.45, 2.75) is 25.7 Å². The second-order valence-electron chi connectivity index (χ2n) is 11.0. The van der Waals surface area contributed by atoms with Crippen LogP contribution < -0.4 is 10.0 Å². The molecule has 0 radical (unpaired) electrons. The van der Waals surface area contributed by atoms with Crippen LogP contribution in [-0.2, 0) is 10.0 Å². The minimum absolute atomic E-state index is 0.122. The van der Waals surface area contributed by atoms with Crippen LogP contribution in [0.4, 0.5) is 14.5 Å². The molecule has 1 atom stereocenters. The van der Waals surface area contributed by atoms with Crippen molar-refractivity contribution in [2.75, 3.05) is 31.1 Å². The number of nitrogens with zero attached hydrogens (tertiary/aromatic N) is 1. The number of likely N-dealkylation sites (tertiary alicyclic amines) is 1. The van der Waals surface area contributed by atoms with Crippen molar-refractivity contribution in [1.82, 2.24) is 10.2 Å². The number of anilines is 1. The molecule has 12 heteroatoms. The van der Waals surface area contributed by atoms with E-state index in [9.17, 15) is 26.8 Å². The molecule has 0 unspecified atom stereocenters. The first-order chi connectivity index (χ1) is 20.9. The van der Waals surface area contributed by atoms with E-state index in [-0.39, 0.29) is 46.7 Å². The summed E-state index contributed by atoms with van der Waals surface area (Å²) >= 11 is 0. The molecule has 9 nitrogen and oxygen atoms in total. The third-order valence-electron chi connectivity index (χ3n) is 7.96. The van der Waals surface area contributed by atoms with E-state index in [1.165, 1.54) is 55.6 Å². The van der Waals surface area contributed by atoms with Gasteiger partial charge in [-0.25, -0.2) is 17.2 Å². The van der Waals surface area contributed by atoms with Crippen LogP contribution in [0.25, 0.3) is 33.3 Å². The summed E-state index contributed by atoms with van der Waals surface area (Å²) in [6.07, 6.45) is 2.29. The largest absolute Gasteiger partial charge is 0.455 e. The summed E-state index contributed by atoms with van der Waals surface area (Å²) in [4.78, 5) is 28.5. The summed E-state index contributed by atoms with van der Waals surface area (Å²) in [6.45, 7) is 2.40. The molecule has 6 rings (SSSR count). The maximum Gasteiger partial charge on any atom is 0.289 e. The molecule has 1 fully saturated rings. The molecule has 1 aliphatic heterocycles. The van der Waals surface area contributed by atoms with Crippen molar-refractivity contribution in [2.24, 2.45) is 0 Å². The van der Waals surface area contributed by atoms with E-state index in [1.807, 2.05) is 0 Å². The molecule has 2 amide bonds. The smallest absolute Gasteiger partial charge is 0.289 e. The molecule has 0 spiro atoms. The number of aryl methyl sites for hydroxylation is 1. The van der Waals surface area contributed by atoms with Gasteiger partial charge in [-0.1, -0.05) is 0 Å². The summed E-state index contributed by atoms with van der Waals surface area (Å²) in [5.41, 5.74) is 2.73. The monoisotopic (exact) mass is 621 g/mol. The number of benzene rings is 3. The number of carbonyl (C=O) groups is 2. The van der Waals surface area contributed by atoms with Crippen molar-refractivity contribution in [3.05, 3.63) is 88.7 Å². The maximum atomic E-state index is 13.9. The van der Waals surface area contributed by atoms with Crippen LogP contribution in [0.3, 0.4) is 0 Å². The standard InChI is InChI=1S/C32H29F2N3O6S/c1-17-22-13-21(34)10-11-26(22)42-29(17)32(39)37-12-4-5-19(16-37)23-14-24-27(15-25(23)36-44(3,40)41)43-30(28(24)31(38)35-2)18-6-8-20(33)9-7-18/h6-11,13-15,19,36H,4-5,12,16H2,1-3H3,(H,35,38)/t19-/m1/s1. The molecule has 0 aliphatic carbocycles. The van der Waals surface area contributed by atoms with E-state index in [4.69, 9.17) is 8.83 Å². The lowest BCUT2D eigenvalue weighted by Crippen LogP contribution is -2.39. The zero-order chi connectivity index (χ0) is 31.3. The number of rotatable bonds is 6. The highest BCUT2D eigenvalue weighted by Gasteiger charge is 2.32. The van der Waals surface area contributed by atoms with Crippen LogP contribution in [0.15, 0.2) is 63.4 Å². The zero-order valence-electron chi connectivity index (χ0n) is 24.2. The number of nitrogens with one attached hydrogen (secondary N) is 2. The van der Waals surface area contributed by atoms with Gasteiger partial charge < -0.3 is 19.1 Å². The van der Waals surface area contributed by atoms with Gasteiger partial charge in [0.25, 0.3) is 11.8 Å². The topological polar surface area (TPSA) is 122 Å². The van der Waals surface area contributed by atoms with Crippen LogP contribution >= 0.6 is 0 Å². The highest BCUT2D eigenvalue weighted by atomic mass is 32.2. The number of piperidine rings is 1. The Labute approximate surface area is 251 Å². The molecule has 3 heterocycles. The highest BCUT2D eigenvalue weighted by molar-refractivity contribution is 7.92. The summed E-state index contributed by atoms with van der Waals surface area (Å²) in [5.74, 6) is -1.65. The first-order valence-corrected chi connectivity index (χ1v) is 15.9. The second kappa shape index (κ2) is 11.1. The predicted octanol–water partition coefficient (Wildman–Crippen LogP) is 6.18. The van der Waals surface area contributed by atoms with Gasteiger partial charge in [0.1, 0.15) is 28.6 Å². The summed E-state index contributed by atoms with van der Waals surface area (Å²) < 4.78 is 66.9. The van der Waals surface area contributed by atoms with Gasteiger partial charge in [-0.05, 0) is 73.9 Å². The molecule has 0 saturated carbocycles. The van der Waals surface area contributed by atoms with Crippen molar-refractivity contribution in [3.63, 3.8) is 0 Å². The van der Waals surface area contributed by atoms with E-state index >= 15 is 0 Å². The van der Waals surface area contributed by atoms with Gasteiger partial charge >= 0.3 is 0 Å². The van der Waals surface area contributed by atoms with Crippen molar-refractivity contribution < 1.29 is 35.6 Å². The number of fused-ring (bicyclic) bond motifs is 2. The maximum absolute atomic E-state index is 13.9. The Hall–Kier alpha value is -4.71. The van der Waals surface area contributed by atoms with Gasteiger partial charge in [0.15, 0.2) is 5.76 Å². The van der Waals surface area contributed by atoms with E-state index in [0.717, 1.165) is 6.26 Å². The van der Waals surface area contributed by atoms with Crippen molar-refractivity contribution in [3.8, 4) is 11.3 Å². The van der Waals surface area contributed by atoms with Gasteiger partial charge in [-0.3, -0.25) is 14.3 Å². The Balaban J connectivity index is 1.44. The molecule has 2 N–H and O–H groups in total. The Kier molecular flexibility index (Phi) is 7.40. The summed E-state index contributed by atoms with van der Waals surface area (Å²) in [7, 11) is -2.24. The van der Waals surface area contributed by atoms with Crippen LogP contribution in [-0.4, -0.2) is 51.5 Å². The normalized spacial score (nSPS) is 15.6. The van der Waals surface area contributed by atoms with Crippen molar-refractivity contribution >= 4 is 49.5 Å². The lowest BCUT2D eigenvalue weighted by atomic mass is 9.88. The van der Waals surface area contributed by atoms with Gasteiger partial charge in [0, 0.05) is 54.0 Å². The fourth-order valence-corrected chi connectivity index (χ4v) is 6.47. The Morgan fingerprint density at radius 2 is 1.68 bits per heavy atom. The third kappa shape index (κ3) is 5.41. The van der Waals surface area contributed by atoms with Gasteiger partial charge in [-0.15, -0.1) is 0 Å². The Bertz CT molecular complexity index is 2050. The number of hydrogen-bond donors (Lipinski definition) is 2.